The summed E-state index contributed by atoms with van der Waals surface area (Å²) in [6, 6.07) is 0.409. The summed E-state index contributed by atoms with van der Waals surface area (Å²) >= 11 is 5.65. The molecule has 0 aromatic rings. The quantitative estimate of drug-likeness (QED) is 0.697. The molecule has 92 valence electrons. The van der Waals surface area contributed by atoms with Crippen molar-refractivity contribution in [3.63, 3.8) is 0 Å². The Labute approximate surface area is 102 Å². The SMILES string of the molecule is O=C(CCCl)N1CCOCC2CCCCC21. The number of nitrogens with zero attached hydrogens (tertiary/aromatic N) is 1. The molecule has 2 unspecified atom stereocenters. The summed E-state index contributed by atoms with van der Waals surface area (Å²) in [4.78, 5) is 14.0. The Balaban J connectivity index is 2.05. The lowest BCUT2D eigenvalue weighted by Crippen LogP contribution is -2.46. The first kappa shape index (κ1) is 12.2. The number of amides is 1. The zero-order chi connectivity index (χ0) is 11.4. The molecule has 3 nitrogen and oxygen atoms in total. The number of fused-ring (bicyclic) bond motifs is 1. The van der Waals surface area contributed by atoms with E-state index in [1.54, 1.807) is 0 Å². The molecule has 0 radical (unpaired) electrons. The summed E-state index contributed by atoms with van der Waals surface area (Å²) in [6.07, 6.45) is 5.33. The van der Waals surface area contributed by atoms with Crippen LogP contribution in [0.25, 0.3) is 0 Å². The number of hydrogen-bond donors (Lipinski definition) is 0. The minimum Gasteiger partial charge on any atom is -0.379 e. The number of halogens is 1. The van der Waals surface area contributed by atoms with Gasteiger partial charge >= 0.3 is 0 Å². The predicted molar refractivity (Wildman–Crippen MR) is 63.6 cm³/mol. The Hall–Kier alpha value is -0.280. The van der Waals surface area contributed by atoms with Crippen molar-refractivity contribution in [3.05, 3.63) is 0 Å². The Morgan fingerprint density at radius 3 is 3.00 bits per heavy atom. The second-order valence-electron chi connectivity index (χ2n) is 4.71. The minimum absolute atomic E-state index is 0.206. The van der Waals surface area contributed by atoms with Gasteiger partial charge in [0, 0.05) is 30.8 Å². The van der Waals surface area contributed by atoms with Crippen molar-refractivity contribution >= 4 is 17.5 Å². The average Bonchev–Trinajstić information content (AvgIpc) is 2.51. The highest BCUT2D eigenvalue weighted by Crippen LogP contribution is 2.30. The minimum atomic E-state index is 0.206. The molecule has 0 N–H and O–H groups in total. The first-order chi connectivity index (χ1) is 7.83. The van der Waals surface area contributed by atoms with Gasteiger partial charge in [-0.3, -0.25) is 4.79 Å². The van der Waals surface area contributed by atoms with Crippen LogP contribution in [0.3, 0.4) is 0 Å². The maximum atomic E-state index is 12.0. The van der Waals surface area contributed by atoms with Crippen molar-refractivity contribution in [2.45, 2.75) is 38.1 Å². The van der Waals surface area contributed by atoms with Gasteiger partial charge in [-0.25, -0.2) is 0 Å². The fraction of sp³-hybridized carbons (Fsp3) is 0.917. The Bertz CT molecular complexity index is 247. The monoisotopic (exact) mass is 245 g/mol. The Kier molecular flexibility index (Phi) is 4.47. The van der Waals surface area contributed by atoms with Crippen molar-refractivity contribution in [2.75, 3.05) is 25.6 Å². The van der Waals surface area contributed by atoms with Crippen molar-refractivity contribution in [3.8, 4) is 0 Å². The van der Waals surface area contributed by atoms with Gasteiger partial charge in [0.1, 0.15) is 0 Å². The van der Waals surface area contributed by atoms with Gasteiger partial charge in [-0.1, -0.05) is 12.8 Å². The largest absolute Gasteiger partial charge is 0.379 e. The van der Waals surface area contributed by atoms with E-state index in [2.05, 4.69) is 0 Å². The van der Waals surface area contributed by atoms with Crippen molar-refractivity contribution in [1.82, 2.24) is 4.90 Å². The molecular formula is C12H20ClNO2. The lowest BCUT2D eigenvalue weighted by Gasteiger charge is -2.37. The van der Waals surface area contributed by atoms with Gasteiger partial charge < -0.3 is 9.64 Å². The molecule has 2 atom stereocenters. The topological polar surface area (TPSA) is 29.5 Å². The van der Waals surface area contributed by atoms with Crippen molar-refractivity contribution in [1.29, 1.82) is 0 Å². The van der Waals surface area contributed by atoms with Gasteiger partial charge in [0.05, 0.1) is 13.2 Å². The molecule has 1 aliphatic heterocycles. The highest BCUT2D eigenvalue weighted by molar-refractivity contribution is 6.18. The smallest absolute Gasteiger partial charge is 0.224 e. The van der Waals surface area contributed by atoms with Gasteiger partial charge in [0.25, 0.3) is 0 Å². The second kappa shape index (κ2) is 5.87. The molecule has 2 aliphatic rings. The summed E-state index contributed by atoms with van der Waals surface area (Å²) in [5.41, 5.74) is 0. The number of hydrogen-bond acceptors (Lipinski definition) is 2. The summed E-state index contributed by atoms with van der Waals surface area (Å²) in [5.74, 6) is 1.18. The fourth-order valence-electron chi connectivity index (χ4n) is 2.89. The van der Waals surface area contributed by atoms with Crippen LogP contribution in [-0.4, -0.2) is 42.5 Å². The van der Waals surface area contributed by atoms with E-state index >= 15 is 0 Å². The van der Waals surface area contributed by atoms with E-state index in [0.29, 0.717) is 30.9 Å². The summed E-state index contributed by atoms with van der Waals surface area (Å²) in [7, 11) is 0. The van der Waals surface area contributed by atoms with Crippen molar-refractivity contribution in [2.24, 2.45) is 5.92 Å². The van der Waals surface area contributed by atoms with E-state index < -0.39 is 0 Å². The van der Waals surface area contributed by atoms with E-state index in [9.17, 15) is 4.79 Å². The molecule has 1 amide bonds. The van der Waals surface area contributed by atoms with E-state index in [4.69, 9.17) is 16.3 Å². The predicted octanol–water partition coefficient (Wildman–Crippen LogP) is 2.03. The van der Waals surface area contributed by atoms with Crippen LogP contribution in [0.5, 0.6) is 0 Å². The zero-order valence-electron chi connectivity index (χ0n) is 9.66. The lowest BCUT2D eigenvalue weighted by molar-refractivity contribution is -0.134. The molecule has 16 heavy (non-hydrogen) atoms. The van der Waals surface area contributed by atoms with Crippen LogP contribution < -0.4 is 0 Å². The highest BCUT2D eigenvalue weighted by Gasteiger charge is 2.34. The fourth-order valence-corrected chi connectivity index (χ4v) is 3.05. The van der Waals surface area contributed by atoms with E-state index in [0.717, 1.165) is 19.6 Å². The van der Waals surface area contributed by atoms with E-state index in [1.165, 1.54) is 19.3 Å². The van der Waals surface area contributed by atoms with E-state index in [-0.39, 0.29) is 5.91 Å². The van der Waals surface area contributed by atoms with Crippen molar-refractivity contribution < 1.29 is 9.53 Å². The highest BCUT2D eigenvalue weighted by atomic mass is 35.5. The normalized spacial score (nSPS) is 30.7. The molecule has 2 rings (SSSR count). The third-order valence-electron chi connectivity index (χ3n) is 3.71. The van der Waals surface area contributed by atoms with Gasteiger partial charge in [-0.05, 0) is 12.8 Å². The number of alkyl halides is 1. The van der Waals surface area contributed by atoms with E-state index in [1.807, 2.05) is 4.90 Å². The second-order valence-corrected chi connectivity index (χ2v) is 5.09. The summed E-state index contributed by atoms with van der Waals surface area (Å²) in [5, 5.41) is 0. The molecule has 0 aromatic heterocycles. The van der Waals surface area contributed by atoms with Crippen LogP contribution in [0.4, 0.5) is 0 Å². The molecular weight excluding hydrogens is 226 g/mol. The van der Waals surface area contributed by atoms with Gasteiger partial charge in [-0.2, -0.15) is 0 Å². The number of rotatable bonds is 2. The molecule has 1 aliphatic carbocycles. The Morgan fingerprint density at radius 1 is 1.38 bits per heavy atom. The van der Waals surface area contributed by atoms with Crippen LogP contribution >= 0.6 is 11.6 Å². The maximum Gasteiger partial charge on any atom is 0.224 e. The lowest BCUT2D eigenvalue weighted by atomic mass is 9.84. The van der Waals surface area contributed by atoms with Crippen LogP contribution in [0.15, 0.2) is 0 Å². The van der Waals surface area contributed by atoms with Gasteiger partial charge in [-0.15, -0.1) is 11.6 Å². The van der Waals surface area contributed by atoms with Crippen LogP contribution in [0.1, 0.15) is 32.1 Å². The van der Waals surface area contributed by atoms with Crippen LogP contribution in [0, 0.1) is 5.92 Å². The average molecular weight is 246 g/mol. The third-order valence-corrected chi connectivity index (χ3v) is 3.90. The first-order valence-electron chi connectivity index (χ1n) is 6.26. The molecule has 0 bridgehead atoms. The van der Waals surface area contributed by atoms with Crippen LogP contribution in [0.2, 0.25) is 0 Å². The molecule has 0 spiro atoms. The third kappa shape index (κ3) is 2.69. The van der Waals surface area contributed by atoms with Gasteiger partial charge in [0.15, 0.2) is 0 Å². The number of carbonyl (C=O) groups excluding carboxylic acids is 1. The number of ether oxygens (including phenoxy) is 1. The molecule has 1 heterocycles. The standard InChI is InChI=1S/C12H20ClNO2/c13-6-5-12(15)14-7-8-16-9-10-3-1-2-4-11(10)14/h10-11H,1-9H2. The van der Waals surface area contributed by atoms with Gasteiger partial charge in [0.2, 0.25) is 5.91 Å². The molecule has 1 saturated carbocycles. The molecule has 1 saturated heterocycles. The maximum absolute atomic E-state index is 12.0. The molecule has 2 fully saturated rings. The number of carbonyl (C=O) groups is 1. The molecule has 0 aromatic carbocycles. The summed E-state index contributed by atoms with van der Waals surface area (Å²) < 4.78 is 5.60. The zero-order valence-corrected chi connectivity index (χ0v) is 10.4. The first-order valence-corrected chi connectivity index (χ1v) is 6.79. The van der Waals surface area contributed by atoms with Crippen LogP contribution in [-0.2, 0) is 9.53 Å². The molecule has 4 heteroatoms. The Morgan fingerprint density at radius 2 is 2.19 bits per heavy atom. The summed E-state index contributed by atoms with van der Waals surface area (Å²) in [6.45, 7) is 2.26.